The van der Waals surface area contributed by atoms with E-state index in [-0.39, 0.29) is 25.1 Å². The molecule has 0 saturated carbocycles. The Morgan fingerprint density at radius 1 is 1.61 bits per heavy atom. The van der Waals surface area contributed by atoms with Gasteiger partial charge in [-0.15, -0.1) is 12.4 Å². The molecule has 7 nitrogen and oxygen atoms in total. The summed E-state index contributed by atoms with van der Waals surface area (Å²) in [5, 5.41) is 19.8. The maximum atomic E-state index is 10.1. The van der Waals surface area contributed by atoms with Gasteiger partial charge < -0.3 is 30.5 Å². The number of halogens is 2. The van der Waals surface area contributed by atoms with E-state index in [0.29, 0.717) is 30.4 Å². The Hall–Kier alpha value is -0.220. The van der Waals surface area contributed by atoms with Crippen LogP contribution in [0.4, 0.5) is 0 Å². The molecule has 3 atom stereocenters. The molecule has 9 heteroatoms. The third kappa shape index (κ3) is 6.30. The van der Waals surface area contributed by atoms with Gasteiger partial charge in [0.15, 0.2) is 5.72 Å². The quantitative estimate of drug-likeness (QED) is 0.450. The first-order chi connectivity index (χ1) is 10.5. The monoisotopic (exact) mass is 412 g/mol. The maximum Gasteiger partial charge on any atom is 0.192 e. The summed E-state index contributed by atoms with van der Waals surface area (Å²) in [6.07, 6.45) is 2.87. The van der Waals surface area contributed by atoms with Gasteiger partial charge in [-0.2, -0.15) is 0 Å². The van der Waals surface area contributed by atoms with E-state index in [4.69, 9.17) is 9.47 Å². The summed E-state index contributed by atoms with van der Waals surface area (Å²) < 4.78 is 12.2. The highest BCUT2D eigenvalue weighted by Crippen LogP contribution is 2.20. The first kappa shape index (κ1) is 20.8. The largest absolute Gasteiger partial charge is 0.389 e. The second-order valence-electron chi connectivity index (χ2n) is 5.77. The highest BCUT2D eigenvalue weighted by Gasteiger charge is 2.41. The summed E-state index contributed by atoms with van der Waals surface area (Å²) in [6, 6.07) is 0.248. The second kappa shape index (κ2) is 9.93. The number of ether oxygens (including phenoxy) is 2. The molecule has 134 valence electrons. The summed E-state index contributed by atoms with van der Waals surface area (Å²) in [5.74, 6) is 0. The first-order valence-corrected chi connectivity index (χ1v) is 8.36. The van der Waals surface area contributed by atoms with E-state index in [1.54, 1.807) is 12.4 Å². The molecule has 0 radical (unpaired) electrons. The molecule has 2 aliphatic rings. The molecule has 0 aromatic rings. The predicted octanol–water partition coefficient (Wildman–Crippen LogP) is 0.336. The minimum absolute atomic E-state index is 0. The van der Waals surface area contributed by atoms with Crippen molar-refractivity contribution in [2.45, 2.75) is 37.8 Å². The van der Waals surface area contributed by atoms with E-state index < -0.39 is 11.8 Å². The van der Waals surface area contributed by atoms with E-state index in [2.05, 4.69) is 36.9 Å². The van der Waals surface area contributed by atoms with Crippen LogP contribution >= 0.6 is 28.3 Å². The van der Waals surface area contributed by atoms with Crippen LogP contribution in [0.3, 0.4) is 0 Å². The van der Waals surface area contributed by atoms with Crippen LogP contribution in [0.5, 0.6) is 0 Å². The van der Waals surface area contributed by atoms with Gasteiger partial charge in [0.1, 0.15) is 4.61 Å². The Bertz CT molecular complexity index is 419. The van der Waals surface area contributed by atoms with Crippen molar-refractivity contribution in [3.05, 3.63) is 10.8 Å². The van der Waals surface area contributed by atoms with Gasteiger partial charge in [0, 0.05) is 25.3 Å². The molecule has 2 heterocycles. The Kier molecular flexibility index (Phi) is 8.99. The number of aliphatic imine (C=N–C) groups is 1. The minimum atomic E-state index is -0.823. The fourth-order valence-corrected chi connectivity index (χ4v) is 2.50. The normalized spacial score (nSPS) is 28.7. The molecule has 2 aliphatic heterocycles. The van der Waals surface area contributed by atoms with Crippen molar-refractivity contribution in [3.8, 4) is 0 Å². The molecular formula is C14H26BrClN4O3. The SMILES string of the molecule is CC(C)NCC(O)COC1(C2COCCN2)C=NC(Br)=CN1.Cl. The van der Waals surface area contributed by atoms with Gasteiger partial charge in [0.2, 0.25) is 0 Å². The molecule has 0 aromatic carbocycles. The number of nitrogens with one attached hydrogen (secondary N) is 3. The Morgan fingerprint density at radius 2 is 2.39 bits per heavy atom. The number of aliphatic hydroxyl groups is 1. The first-order valence-electron chi connectivity index (χ1n) is 7.57. The van der Waals surface area contributed by atoms with Crippen LogP contribution in [0.25, 0.3) is 0 Å². The molecule has 1 saturated heterocycles. The lowest BCUT2D eigenvalue weighted by Gasteiger charge is -2.41. The number of rotatable bonds is 7. The molecule has 0 spiro atoms. The van der Waals surface area contributed by atoms with Gasteiger partial charge in [0.25, 0.3) is 0 Å². The molecule has 23 heavy (non-hydrogen) atoms. The van der Waals surface area contributed by atoms with Crippen LogP contribution < -0.4 is 16.0 Å². The fraction of sp³-hybridized carbons (Fsp3) is 0.786. The van der Waals surface area contributed by atoms with Gasteiger partial charge in [-0.1, -0.05) is 13.8 Å². The van der Waals surface area contributed by atoms with Crippen LogP contribution in [0.2, 0.25) is 0 Å². The predicted molar refractivity (Wildman–Crippen MR) is 96.3 cm³/mol. The van der Waals surface area contributed by atoms with E-state index >= 15 is 0 Å². The zero-order valence-electron chi connectivity index (χ0n) is 13.4. The van der Waals surface area contributed by atoms with Gasteiger partial charge in [0.05, 0.1) is 38.2 Å². The molecule has 3 unspecified atom stereocenters. The van der Waals surface area contributed by atoms with Gasteiger partial charge in [-0.05, 0) is 15.9 Å². The van der Waals surface area contributed by atoms with E-state index in [1.165, 1.54) is 0 Å². The number of aliphatic hydroxyl groups excluding tert-OH is 1. The van der Waals surface area contributed by atoms with Crippen molar-refractivity contribution in [1.82, 2.24) is 16.0 Å². The average molecular weight is 414 g/mol. The lowest BCUT2D eigenvalue weighted by atomic mass is 10.0. The lowest BCUT2D eigenvalue weighted by molar-refractivity contribution is -0.0913. The number of nitrogens with zero attached hydrogens (tertiary/aromatic N) is 1. The summed E-state index contributed by atoms with van der Waals surface area (Å²) in [4.78, 5) is 4.28. The summed E-state index contributed by atoms with van der Waals surface area (Å²) in [6.45, 7) is 6.72. The smallest absolute Gasteiger partial charge is 0.192 e. The summed E-state index contributed by atoms with van der Waals surface area (Å²) in [5.41, 5.74) is -0.823. The van der Waals surface area contributed by atoms with Crippen LogP contribution in [-0.4, -0.2) is 68.1 Å². The lowest BCUT2D eigenvalue weighted by Crippen LogP contribution is -2.66. The molecule has 2 rings (SSSR count). The van der Waals surface area contributed by atoms with E-state index in [9.17, 15) is 5.11 Å². The molecule has 0 aliphatic carbocycles. The van der Waals surface area contributed by atoms with Crippen molar-refractivity contribution < 1.29 is 14.6 Å². The van der Waals surface area contributed by atoms with E-state index in [1.807, 2.05) is 13.8 Å². The van der Waals surface area contributed by atoms with Crippen molar-refractivity contribution in [1.29, 1.82) is 0 Å². The molecule has 1 fully saturated rings. The summed E-state index contributed by atoms with van der Waals surface area (Å²) in [7, 11) is 0. The van der Waals surface area contributed by atoms with Crippen LogP contribution in [0.1, 0.15) is 13.8 Å². The Balaban J connectivity index is 0.00000264. The standard InChI is InChI=1S/C14H25BrN4O3.ClH/c1-10(2)17-5-11(20)7-22-14(9-18-13(15)6-19-14)12-8-21-4-3-16-12;/h6,9-12,16-17,19-20H,3-5,7-8H2,1-2H3;1H. The number of morpholine rings is 1. The average Bonchev–Trinajstić information content (AvgIpc) is 2.53. The topological polar surface area (TPSA) is 87.1 Å². The zero-order valence-corrected chi connectivity index (χ0v) is 15.8. The molecule has 0 bridgehead atoms. The number of hydrogen-bond donors (Lipinski definition) is 4. The minimum Gasteiger partial charge on any atom is -0.389 e. The van der Waals surface area contributed by atoms with Crippen LogP contribution in [-0.2, 0) is 9.47 Å². The van der Waals surface area contributed by atoms with Crippen molar-refractivity contribution in [2.75, 3.05) is 32.9 Å². The number of hydrogen-bond acceptors (Lipinski definition) is 7. The third-order valence-electron chi connectivity index (χ3n) is 3.51. The highest BCUT2D eigenvalue weighted by atomic mass is 79.9. The second-order valence-corrected chi connectivity index (χ2v) is 6.58. The molecular weight excluding hydrogens is 388 g/mol. The zero-order chi connectivity index (χ0) is 16.0. The maximum absolute atomic E-state index is 10.1. The van der Waals surface area contributed by atoms with Gasteiger partial charge in [-0.25, -0.2) is 4.99 Å². The summed E-state index contributed by atoms with van der Waals surface area (Å²) >= 11 is 3.32. The van der Waals surface area contributed by atoms with E-state index in [0.717, 1.165) is 6.54 Å². The van der Waals surface area contributed by atoms with Crippen molar-refractivity contribution in [2.24, 2.45) is 4.99 Å². The Labute approximate surface area is 151 Å². The molecule has 4 N–H and O–H groups in total. The van der Waals surface area contributed by atoms with Crippen molar-refractivity contribution >= 4 is 34.6 Å². The molecule has 0 amide bonds. The third-order valence-corrected chi connectivity index (χ3v) is 3.95. The molecule has 0 aromatic heterocycles. The van der Waals surface area contributed by atoms with Gasteiger partial charge >= 0.3 is 0 Å². The van der Waals surface area contributed by atoms with Crippen LogP contribution in [0.15, 0.2) is 15.8 Å². The van der Waals surface area contributed by atoms with Crippen LogP contribution in [0, 0.1) is 0 Å². The highest BCUT2D eigenvalue weighted by molar-refractivity contribution is 9.11. The fourth-order valence-electron chi connectivity index (χ4n) is 2.28. The van der Waals surface area contributed by atoms with Gasteiger partial charge in [-0.3, -0.25) is 0 Å². The Morgan fingerprint density at radius 3 is 2.96 bits per heavy atom. The van der Waals surface area contributed by atoms with Crippen molar-refractivity contribution in [3.63, 3.8) is 0 Å².